The molecule has 0 aliphatic heterocycles. The number of ether oxygens (including phenoxy) is 1. The first-order chi connectivity index (χ1) is 8.63. The molecule has 0 aliphatic rings. The van der Waals surface area contributed by atoms with Crippen LogP contribution in [-0.4, -0.2) is 23.2 Å². The largest absolute Gasteiger partial charge is 0.495 e. The van der Waals surface area contributed by atoms with Crippen molar-refractivity contribution < 1.29 is 14.6 Å². The number of nitrogens with zero attached hydrogens (tertiary/aromatic N) is 1. The van der Waals surface area contributed by atoms with E-state index >= 15 is 0 Å². The molecule has 0 amide bonds. The average Bonchev–Trinajstić information content (AvgIpc) is 2.39. The predicted molar refractivity (Wildman–Crippen MR) is 68.2 cm³/mol. The number of carboxylic acid groups (broad SMARTS) is 1. The third kappa shape index (κ3) is 2.28. The van der Waals surface area contributed by atoms with Gasteiger partial charge in [-0.3, -0.25) is 4.98 Å². The van der Waals surface area contributed by atoms with E-state index in [9.17, 15) is 4.79 Å². The molecule has 0 saturated carbocycles. The predicted octanol–water partition coefficient (Wildman–Crippen LogP) is 3.11. The second-order valence-corrected chi connectivity index (χ2v) is 3.96. The van der Waals surface area contributed by atoms with Gasteiger partial charge in [-0.2, -0.15) is 0 Å². The normalized spacial score (nSPS) is 10.1. The maximum absolute atomic E-state index is 11.1. The van der Waals surface area contributed by atoms with Gasteiger partial charge in [0.2, 0.25) is 0 Å². The number of aromatic carboxylic acids is 1. The molecule has 0 unspecified atom stereocenters. The van der Waals surface area contributed by atoms with Gasteiger partial charge in [-0.1, -0.05) is 17.7 Å². The Bertz CT molecular complexity index is 584. The Labute approximate surface area is 109 Å². The fourth-order valence-corrected chi connectivity index (χ4v) is 1.87. The van der Waals surface area contributed by atoms with E-state index in [1.807, 2.05) is 6.07 Å². The van der Waals surface area contributed by atoms with Crippen molar-refractivity contribution in [2.45, 2.75) is 0 Å². The molecule has 0 fully saturated rings. The highest BCUT2D eigenvalue weighted by atomic mass is 35.5. The SMILES string of the molecule is COc1cc(-c2cccnc2)cc(C(=O)O)c1Cl. The molecule has 2 rings (SSSR count). The Morgan fingerprint density at radius 3 is 2.72 bits per heavy atom. The number of pyridine rings is 1. The maximum Gasteiger partial charge on any atom is 0.337 e. The Kier molecular flexibility index (Phi) is 3.48. The van der Waals surface area contributed by atoms with Crippen molar-refractivity contribution in [3.05, 3.63) is 47.2 Å². The standard InChI is InChI=1S/C13H10ClNO3/c1-18-11-6-9(8-3-2-4-15-7-8)5-10(12(11)14)13(16)17/h2-7H,1H3,(H,16,17). The summed E-state index contributed by atoms with van der Waals surface area (Å²) in [6.07, 6.45) is 3.29. The number of benzene rings is 1. The third-order valence-corrected chi connectivity index (χ3v) is 2.87. The molecule has 5 heteroatoms. The molecule has 1 aromatic carbocycles. The minimum absolute atomic E-state index is 0.00914. The average molecular weight is 264 g/mol. The van der Waals surface area contributed by atoms with Gasteiger partial charge in [0.25, 0.3) is 0 Å². The second kappa shape index (κ2) is 5.06. The van der Waals surface area contributed by atoms with Crippen LogP contribution in [0.25, 0.3) is 11.1 Å². The Balaban J connectivity index is 2.63. The summed E-state index contributed by atoms with van der Waals surface area (Å²) in [5, 5.41) is 9.20. The molecule has 1 N–H and O–H groups in total. The summed E-state index contributed by atoms with van der Waals surface area (Å²) in [4.78, 5) is 15.1. The van der Waals surface area contributed by atoms with Crippen LogP contribution in [0.2, 0.25) is 5.02 Å². The van der Waals surface area contributed by atoms with Gasteiger partial charge in [-0.25, -0.2) is 4.79 Å². The van der Waals surface area contributed by atoms with Gasteiger partial charge in [-0.05, 0) is 23.8 Å². The number of hydrogen-bond donors (Lipinski definition) is 1. The monoisotopic (exact) mass is 263 g/mol. The van der Waals surface area contributed by atoms with Gasteiger partial charge in [0, 0.05) is 18.0 Å². The number of rotatable bonds is 3. The molecule has 4 nitrogen and oxygen atoms in total. The fraction of sp³-hybridized carbons (Fsp3) is 0.0769. The summed E-state index contributed by atoms with van der Waals surface area (Å²) in [6, 6.07) is 6.80. The Morgan fingerprint density at radius 2 is 2.17 bits per heavy atom. The van der Waals surface area contributed by atoms with Crippen molar-refractivity contribution in [3.8, 4) is 16.9 Å². The maximum atomic E-state index is 11.1. The first-order valence-electron chi connectivity index (χ1n) is 5.14. The molecule has 2 aromatic rings. The molecule has 92 valence electrons. The molecule has 18 heavy (non-hydrogen) atoms. The summed E-state index contributed by atoms with van der Waals surface area (Å²) in [7, 11) is 1.44. The molecule has 0 radical (unpaired) electrons. The van der Waals surface area contributed by atoms with E-state index < -0.39 is 5.97 Å². The lowest BCUT2D eigenvalue weighted by Crippen LogP contribution is -2.00. The molecule has 0 spiro atoms. The van der Waals surface area contributed by atoms with Crippen LogP contribution in [0.4, 0.5) is 0 Å². The van der Waals surface area contributed by atoms with Crippen molar-refractivity contribution in [3.63, 3.8) is 0 Å². The lowest BCUT2D eigenvalue weighted by molar-refractivity contribution is 0.0696. The topological polar surface area (TPSA) is 59.4 Å². The second-order valence-electron chi connectivity index (χ2n) is 3.59. The molecule has 0 bridgehead atoms. The van der Waals surface area contributed by atoms with Crippen LogP contribution in [0.3, 0.4) is 0 Å². The highest BCUT2D eigenvalue weighted by Gasteiger charge is 2.15. The van der Waals surface area contributed by atoms with Crippen LogP contribution in [0.5, 0.6) is 5.75 Å². The van der Waals surface area contributed by atoms with E-state index in [0.29, 0.717) is 11.3 Å². The molecular weight excluding hydrogens is 254 g/mol. The van der Waals surface area contributed by atoms with Crippen LogP contribution >= 0.6 is 11.6 Å². The van der Waals surface area contributed by atoms with Crippen molar-refractivity contribution in [2.75, 3.05) is 7.11 Å². The number of carboxylic acids is 1. The van der Waals surface area contributed by atoms with Gasteiger partial charge in [-0.15, -0.1) is 0 Å². The molecule has 0 saturated heterocycles. The Hall–Kier alpha value is -2.07. The number of aromatic nitrogens is 1. The third-order valence-electron chi connectivity index (χ3n) is 2.48. The highest BCUT2D eigenvalue weighted by molar-refractivity contribution is 6.35. The van der Waals surface area contributed by atoms with Crippen molar-refractivity contribution in [2.24, 2.45) is 0 Å². The zero-order valence-electron chi connectivity index (χ0n) is 9.55. The van der Waals surface area contributed by atoms with Crippen molar-refractivity contribution >= 4 is 17.6 Å². The quantitative estimate of drug-likeness (QED) is 0.924. The summed E-state index contributed by atoms with van der Waals surface area (Å²) >= 11 is 5.94. The number of methoxy groups -OCH3 is 1. The molecule has 1 aromatic heterocycles. The molecule has 0 atom stereocenters. The number of halogens is 1. The summed E-state index contributed by atoms with van der Waals surface area (Å²) in [5.41, 5.74) is 1.51. The minimum atomic E-state index is -1.09. The number of carbonyl (C=O) groups is 1. The molecule has 0 aliphatic carbocycles. The van der Waals surface area contributed by atoms with Gasteiger partial charge in [0.1, 0.15) is 5.75 Å². The van der Waals surface area contributed by atoms with Crippen LogP contribution in [0.15, 0.2) is 36.7 Å². The summed E-state index contributed by atoms with van der Waals surface area (Å²) < 4.78 is 5.08. The lowest BCUT2D eigenvalue weighted by atomic mass is 10.0. The van der Waals surface area contributed by atoms with Gasteiger partial charge in [0.15, 0.2) is 0 Å². The van der Waals surface area contributed by atoms with Gasteiger partial charge < -0.3 is 9.84 Å². The summed E-state index contributed by atoms with van der Waals surface area (Å²) in [6.45, 7) is 0. The van der Waals surface area contributed by atoms with Crippen molar-refractivity contribution in [1.82, 2.24) is 4.98 Å². The van der Waals surface area contributed by atoms with Crippen molar-refractivity contribution in [1.29, 1.82) is 0 Å². The number of hydrogen-bond acceptors (Lipinski definition) is 3. The first kappa shape index (κ1) is 12.4. The molecule has 1 heterocycles. The van der Waals surface area contributed by atoms with E-state index in [1.165, 1.54) is 13.2 Å². The van der Waals surface area contributed by atoms with Crippen LogP contribution in [0.1, 0.15) is 10.4 Å². The smallest absolute Gasteiger partial charge is 0.337 e. The van der Waals surface area contributed by atoms with Crippen LogP contribution < -0.4 is 4.74 Å². The van der Waals surface area contributed by atoms with E-state index in [1.54, 1.807) is 24.5 Å². The molecular formula is C13H10ClNO3. The van der Waals surface area contributed by atoms with E-state index in [2.05, 4.69) is 4.98 Å². The lowest BCUT2D eigenvalue weighted by Gasteiger charge is -2.09. The van der Waals surface area contributed by atoms with Gasteiger partial charge >= 0.3 is 5.97 Å². The zero-order chi connectivity index (χ0) is 13.1. The highest BCUT2D eigenvalue weighted by Crippen LogP contribution is 2.33. The van der Waals surface area contributed by atoms with E-state index in [0.717, 1.165) is 5.56 Å². The fourth-order valence-electron chi connectivity index (χ4n) is 1.60. The van der Waals surface area contributed by atoms with E-state index in [4.69, 9.17) is 21.4 Å². The zero-order valence-corrected chi connectivity index (χ0v) is 10.3. The Morgan fingerprint density at radius 1 is 1.39 bits per heavy atom. The van der Waals surface area contributed by atoms with E-state index in [-0.39, 0.29) is 10.6 Å². The van der Waals surface area contributed by atoms with Crippen LogP contribution in [0, 0.1) is 0 Å². The first-order valence-corrected chi connectivity index (χ1v) is 5.52. The van der Waals surface area contributed by atoms with Crippen LogP contribution in [-0.2, 0) is 0 Å². The summed E-state index contributed by atoms with van der Waals surface area (Å²) in [5.74, 6) is -0.764. The van der Waals surface area contributed by atoms with Gasteiger partial charge in [0.05, 0.1) is 17.7 Å². The minimum Gasteiger partial charge on any atom is -0.495 e.